The lowest BCUT2D eigenvalue weighted by Crippen LogP contribution is -2.23. The molecule has 0 spiro atoms. The van der Waals surface area contributed by atoms with E-state index < -0.39 is 11.4 Å². The standard InChI is InChI=1S/C14H28O3/c1-5-6-9-12(17-4)10-7-8-11-14(2,3)13(15)16/h12H,5-11H2,1-4H3,(H,15,16). The fourth-order valence-electron chi connectivity index (χ4n) is 1.86. The molecule has 0 aromatic heterocycles. The van der Waals surface area contributed by atoms with Gasteiger partial charge in [0.25, 0.3) is 0 Å². The summed E-state index contributed by atoms with van der Waals surface area (Å²) >= 11 is 0. The monoisotopic (exact) mass is 244 g/mol. The maximum Gasteiger partial charge on any atom is 0.309 e. The van der Waals surface area contributed by atoms with Crippen LogP contribution in [0.15, 0.2) is 0 Å². The van der Waals surface area contributed by atoms with Gasteiger partial charge in [-0.25, -0.2) is 0 Å². The van der Waals surface area contributed by atoms with Crippen molar-refractivity contribution in [3.63, 3.8) is 0 Å². The molecule has 1 N–H and O–H groups in total. The van der Waals surface area contributed by atoms with Crippen LogP contribution >= 0.6 is 0 Å². The summed E-state index contributed by atoms with van der Waals surface area (Å²) in [7, 11) is 1.77. The van der Waals surface area contributed by atoms with Crippen molar-refractivity contribution in [2.24, 2.45) is 5.41 Å². The first-order valence-corrected chi connectivity index (χ1v) is 6.70. The molecule has 0 radical (unpaired) electrons. The van der Waals surface area contributed by atoms with E-state index in [0.29, 0.717) is 6.10 Å². The molecule has 0 bridgehead atoms. The second-order valence-electron chi connectivity index (χ2n) is 5.43. The van der Waals surface area contributed by atoms with Crippen molar-refractivity contribution in [1.82, 2.24) is 0 Å². The molecule has 0 aliphatic rings. The van der Waals surface area contributed by atoms with Gasteiger partial charge in [-0.05, 0) is 33.1 Å². The fourth-order valence-corrected chi connectivity index (χ4v) is 1.86. The fraction of sp³-hybridized carbons (Fsp3) is 0.929. The van der Waals surface area contributed by atoms with Crippen molar-refractivity contribution < 1.29 is 14.6 Å². The van der Waals surface area contributed by atoms with Crippen LogP contribution in [0.4, 0.5) is 0 Å². The van der Waals surface area contributed by atoms with Gasteiger partial charge < -0.3 is 9.84 Å². The molecule has 1 atom stereocenters. The Labute approximate surface area is 106 Å². The zero-order valence-corrected chi connectivity index (χ0v) is 11.8. The minimum Gasteiger partial charge on any atom is -0.481 e. The third-order valence-corrected chi connectivity index (χ3v) is 3.37. The van der Waals surface area contributed by atoms with Gasteiger partial charge in [0.05, 0.1) is 11.5 Å². The normalized spacial score (nSPS) is 13.6. The summed E-state index contributed by atoms with van der Waals surface area (Å²) in [5.74, 6) is -0.702. The third kappa shape index (κ3) is 7.37. The Morgan fingerprint density at radius 3 is 2.29 bits per heavy atom. The maximum absolute atomic E-state index is 10.9. The molecule has 0 aromatic rings. The van der Waals surface area contributed by atoms with Crippen LogP contribution in [0.1, 0.15) is 65.7 Å². The molecule has 1 unspecified atom stereocenters. The molecular weight excluding hydrogens is 216 g/mol. The van der Waals surface area contributed by atoms with Crippen LogP contribution in [0, 0.1) is 5.41 Å². The van der Waals surface area contributed by atoms with Crippen LogP contribution in [0.3, 0.4) is 0 Å². The zero-order chi connectivity index (χ0) is 13.3. The highest BCUT2D eigenvalue weighted by Gasteiger charge is 2.26. The Morgan fingerprint density at radius 1 is 1.24 bits per heavy atom. The van der Waals surface area contributed by atoms with Crippen molar-refractivity contribution in [1.29, 1.82) is 0 Å². The van der Waals surface area contributed by atoms with E-state index in [1.165, 1.54) is 12.8 Å². The van der Waals surface area contributed by atoms with Crippen LogP contribution < -0.4 is 0 Å². The van der Waals surface area contributed by atoms with Gasteiger partial charge in [-0.15, -0.1) is 0 Å². The van der Waals surface area contributed by atoms with Crippen LogP contribution in [-0.4, -0.2) is 24.3 Å². The van der Waals surface area contributed by atoms with Crippen LogP contribution in [0.25, 0.3) is 0 Å². The number of carboxylic acid groups (broad SMARTS) is 1. The van der Waals surface area contributed by atoms with E-state index in [-0.39, 0.29) is 0 Å². The quantitative estimate of drug-likeness (QED) is 0.593. The average molecular weight is 244 g/mol. The molecule has 0 amide bonds. The van der Waals surface area contributed by atoms with Gasteiger partial charge in [-0.2, -0.15) is 0 Å². The van der Waals surface area contributed by atoms with E-state index in [1.54, 1.807) is 21.0 Å². The third-order valence-electron chi connectivity index (χ3n) is 3.37. The van der Waals surface area contributed by atoms with Crippen molar-refractivity contribution in [3.8, 4) is 0 Å². The van der Waals surface area contributed by atoms with Gasteiger partial charge in [-0.1, -0.05) is 32.6 Å². The summed E-state index contributed by atoms with van der Waals surface area (Å²) < 4.78 is 5.42. The molecule has 0 aliphatic carbocycles. The van der Waals surface area contributed by atoms with Gasteiger partial charge in [0.2, 0.25) is 0 Å². The smallest absolute Gasteiger partial charge is 0.309 e. The second kappa shape index (κ2) is 8.51. The van der Waals surface area contributed by atoms with E-state index in [9.17, 15) is 4.79 Å². The van der Waals surface area contributed by atoms with Crippen LogP contribution in [-0.2, 0) is 9.53 Å². The number of hydrogen-bond donors (Lipinski definition) is 1. The zero-order valence-electron chi connectivity index (χ0n) is 11.8. The van der Waals surface area contributed by atoms with Crippen molar-refractivity contribution in [3.05, 3.63) is 0 Å². The van der Waals surface area contributed by atoms with Crippen molar-refractivity contribution in [2.75, 3.05) is 7.11 Å². The summed E-state index contributed by atoms with van der Waals surface area (Å²) in [4.78, 5) is 10.9. The van der Waals surface area contributed by atoms with Gasteiger partial charge in [0.15, 0.2) is 0 Å². The summed E-state index contributed by atoms with van der Waals surface area (Å²) in [5.41, 5.74) is -0.591. The largest absolute Gasteiger partial charge is 0.481 e. The molecular formula is C14H28O3. The summed E-state index contributed by atoms with van der Waals surface area (Å²) in [6, 6.07) is 0. The number of carbonyl (C=O) groups is 1. The predicted octanol–water partition coefficient (Wildman–Crippen LogP) is 3.86. The molecule has 102 valence electrons. The van der Waals surface area contributed by atoms with E-state index in [1.807, 2.05) is 0 Å². The van der Waals surface area contributed by atoms with E-state index in [2.05, 4.69) is 6.92 Å². The van der Waals surface area contributed by atoms with E-state index in [0.717, 1.165) is 32.1 Å². The van der Waals surface area contributed by atoms with Crippen LogP contribution in [0.2, 0.25) is 0 Å². The topological polar surface area (TPSA) is 46.5 Å². The molecule has 0 rings (SSSR count). The summed E-state index contributed by atoms with van der Waals surface area (Å²) in [6.45, 7) is 5.77. The second-order valence-corrected chi connectivity index (χ2v) is 5.43. The average Bonchev–Trinajstić information content (AvgIpc) is 2.28. The predicted molar refractivity (Wildman–Crippen MR) is 70.2 cm³/mol. The minimum atomic E-state index is -0.702. The first kappa shape index (κ1) is 16.4. The van der Waals surface area contributed by atoms with Crippen molar-refractivity contribution in [2.45, 2.75) is 71.8 Å². The molecule has 0 fully saturated rings. The Balaban J connectivity index is 3.71. The Kier molecular flexibility index (Phi) is 8.23. The van der Waals surface area contributed by atoms with E-state index in [4.69, 9.17) is 9.84 Å². The number of methoxy groups -OCH3 is 1. The first-order chi connectivity index (χ1) is 7.94. The Morgan fingerprint density at radius 2 is 1.82 bits per heavy atom. The first-order valence-electron chi connectivity index (χ1n) is 6.70. The van der Waals surface area contributed by atoms with Gasteiger partial charge in [-0.3, -0.25) is 4.79 Å². The highest BCUT2D eigenvalue weighted by Crippen LogP contribution is 2.24. The lowest BCUT2D eigenvalue weighted by atomic mass is 9.87. The highest BCUT2D eigenvalue weighted by atomic mass is 16.5. The maximum atomic E-state index is 10.9. The molecule has 3 nitrogen and oxygen atoms in total. The molecule has 0 aromatic carbocycles. The molecule has 0 saturated carbocycles. The number of hydrogen-bond acceptors (Lipinski definition) is 2. The van der Waals surface area contributed by atoms with E-state index >= 15 is 0 Å². The number of unbranched alkanes of at least 4 members (excludes halogenated alkanes) is 2. The lowest BCUT2D eigenvalue weighted by molar-refractivity contribution is -0.147. The Hall–Kier alpha value is -0.570. The molecule has 0 heterocycles. The van der Waals surface area contributed by atoms with Gasteiger partial charge >= 0.3 is 5.97 Å². The summed E-state index contributed by atoms with van der Waals surface area (Å²) in [6.07, 6.45) is 7.69. The van der Waals surface area contributed by atoms with Crippen molar-refractivity contribution >= 4 is 5.97 Å². The molecule has 0 saturated heterocycles. The minimum absolute atomic E-state index is 0.350. The Bertz CT molecular complexity index is 212. The molecule has 0 aliphatic heterocycles. The number of carboxylic acids is 1. The SMILES string of the molecule is CCCCC(CCCCC(C)(C)C(=O)O)OC. The lowest BCUT2D eigenvalue weighted by Gasteiger charge is -2.19. The number of ether oxygens (including phenoxy) is 1. The summed E-state index contributed by atoms with van der Waals surface area (Å²) in [5, 5.41) is 8.99. The highest BCUT2D eigenvalue weighted by molar-refractivity contribution is 5.73. The molecule has 17 heavy (non-hydrogen) atoms. The van der Waals surface area contributed by atoms with Gasteiger partial charge in [0, 0.05) is 7.11 Å². The number of rotatable bonds is 10. The number of aliphatic carboxylic acids is 1. The van der Waals surface area contributed by atoms with Gasteiger partial charge in [0.1, 0.15) is 0 Å². The molecule has 3 heteroatoms. The van der Waals surface area contributed by atoms with Crippen LogP contribution in [0.5, 0.6) is 0 Å².